The quantitative estimate of drug-likeness (QED) is 0.671. The largest absolute Gasteiger partial charge is 0.441 e. The molecule has 0 aromatic carbocycles. The molecule has 1 aliphatic rings. The first-order chi connectivity index (χ1) is 13.1. The number of carbonyl (C=O) groups excluding carboxylic acids is 2. The van der Waals surface area contributed by atoms with Crippen molar-refractivity contribution in [2.24, 2.45) is 11.8 Å². The lowest BCUT2D eigenvalue weighted by molar-refractivity contribution is -0.137. The molecule has 1 amide bonds. The van der Waals surface area contributed by atoms with E-state index in [1.165, 1.54) is 0 Å². The molecule has 1 aliphatic carbocycles. The van der Waals surface area contributed by atoms with E-state index in [1.807, 2.05) is 13.8 Å². The Labute approximate surface area is 160 Å². The highest BCUT2D eigenvalue weighted by Gasteiger charge is 2.33. The Kier molecular flexibility index (Phi) is 7.42. The van der Waals surface area contributed by atoms with Crippen LogP contribution in [0.25, 0.3) is 0 Å². The van der Waals surface area contributed by atoms with E-state index in [9.17, 15) is 27.6 Å². The van der Waals surface area contributed by atoms with Crippen LogP contribution in [-0.2, 0) is 11.3 Å². The van der Waals surface area contributed by atoms with E-state index in [1.54, 1.807) is 0 Å². The molecular weight excluding hydrogens is 379 g/mol. The third kappa shape index (κ3) is 6.20. The van der Waals surface area contributed by atoms with Crippen molar-refractivity contribution in [2.75, 3.05) is 0 Å². The second-order valence-electron chi connectivity index (χ2n) is 7.68. The highest BCUT2D eigenvalue weighted by molar-refractivity contribution is 5.99. The molecule has 0 radical (unpaired) electrons. The fourth-order valence-electron chi connectivity index (χ4n) is 3.39. The van der Waals surface area contributed by atoms with E-state index in [4.69, 9.17) is 0 Å². The molecule has 1 N–H and O–H groups in total. The molecule has 28 heavy (non-hydrogen) atoms. The van der Waals surface area contributed by atoms with Crippen molar-refractivity contribution in [1.29, 1.82) is 0 Å². The minimum Gasteiger partial charge on any atom is -0.346 e. The molecule has 158 valence electrons. The first-order valence-corrected chi connectivity index (χ1v) is 9.56. The lowest BCUT2D eigenvalue weighted by Gasteiger charge is -2.25. The third-order valence-electron chi connectivity index (χ3n) is 4.84. The minimum atomic E-state index is -4.50. The molecule has 2 rings (SSSR count). The van der Waals surface area contributed by atoms with Crippen LogP contribution in [0.3, 0.4) is 0 Å². The molecule has 10 heteroatoms. The maximum absolute atomic E-state index is 12.9. The number of rotatable bonds is 8. The molecule has 1 saturated carbocycles. The highest BCUT2D eigenvalue weighted by atomic mass is 19.4. The zero-order valence-corrected chi connectivity index (χ0v) is 16.1. The summed E-state index contributed by atoms with van der Waals surface area (Å²) in [5, 5.41) is 6.09. The monoisotopic (exact) mass is 405 g/mol. The van der Waals surface area contributed by atoms with E-state index in [0.29, 0.717) is 4.57 Å². The van der Waals surface area contributed by atoms with Crippen LogP contribution in [0.2, 0.25) is 0 Å². The van der Waals surface area contributed by atoms with Gasteiger partial charge in [0.15, 0.2) is 0 Å². The van der Waals surface area contributed by atoms with Gasteiger partial charge in [-0.3, -0.25) is 18.7 Å². The van der Waals surface area contributed by atoms with Crippen molar-refractivity contribution in [3.05, 3.63) is 16.4 Å². The van der Waals surface area contributed by atoms with Gasteiger partial charge in [-0.1, -0.05) is 38.3 Å². The van der Waals surface area contributed by atoms with Crippen LogP contribution in [0.15, 0.2) is 9.32 Å². The van der Waals surface area contributed by atoms with E-state index < -0.39 is 42.5 Å². The molecule has 1 aromatic heterocycles. The Morgan fingerprint density at radius 3 is 2.46 bits per heavy atom. The van der Waals surface area contributed by atoms with Crippen molar-refractivity contribution in [3.63, 3.8) is 0 Å². The summed E-state index contributed by atoms with van der Waals surface area (Å²) in [4.78, 5) is 37.1. The summed E-state index contributed by atoms with van der Waals surface area (Å²) >= 11 is 0. The summed E-state index contributed by atoms with van der Waals surface area (Å²) in [5.74, 6) is -2.74. The van der Waals surface area contributed by atoms with E-state index in [0.717, 1.165) is 32.1 Å². The fraction of sp³-hybridized carbons (Fsp3) is 0.778. The van der Waals surface area contributed by atoms with Crippen LogP contribution in [0.5, 0.6) is 0 Å². The van der Waals surface area contributed by atoms with Crippen LogP contribution >= 0.6 is 0 Å². The van der Waals surface area contributed by atoms with Crippen LogP contribution in [0.4, 0.5) is 13.2 Å². The van der Waals surface area contributed by atoms with Crippen molar-refractivity contribution in [2.45, 2.75) is 77.6 Å². The molecule has 7 nitrogen and oxygen atoms in total. The number of hydrogen-bond acceptors (Lipinski definition) is 5. The predicted molar refractivity (Wildman–Crippen MR) is 93.7 cm³/mol. The second kappa shape index (κ2) is 9.38. The van der Waals surface area contributed by atoms with Crippen molar-refractivity contribution < 1.29 is 27.3 Å². The minimum absolute atomic E-state index is 0.0304. The van der Waals surface area contributed by atoms with Gasteiger partial charge in [-0.05, 0) is 25.2 Å². The second-order valence-corrected chi connectivity index (χ2v) is 7.68. The molecule has 1 atom stereocenters. The summed E-state index contributed by atoms with van der Waals surface area (Å²) in [6.45, 7) is 2.94. The summed E-state index contributed by atoms with van der Waals surface area (Å²) in [6, 6.07) is -0.976. The standard InChI is InChI=1S/C18H26F3N3O4/c1-11(2)10-13(22-16(26)12-6-4-3-5-7-12)14(25)15-23-28-17(27)24(15)9-8-18(19,20)21/h11-13H,3-10H2,1-2H3,(H,22,26). The Morgan fingerprint density at radius 2 is 1.89 bits per heavy atom. The number of aromatic nitrogens is 2. The van der Waals surface area contributed by atoms with E-state index in [2.05, 4.69) is 15.0 Å². The number of hydrogen-bond donors (Lipinski definition) is 1. The first kappa shape index (κ1) is 22.2. The number of Topliss-reactive ketones (excluding diaryl/α,β-unsaturated/α-hetero) is 1. The number of halogens is 3. The molecule has 1 heterocycles. The first-order valence-electron chi connectivity index (χ1n) is 9.56. The highest BCUT2D eigenvalue weighted by Crippen LogP contribution is 2.24. The number of nitrogens with one attached hydrogen (secondary N) is 1. The van der Waals surface area contributed by atoms with Gasteiger partial charge in [0, 0.05) is 12.5 Å². The number of carbonyl (C=O) groups is 2. The Morgan fingerprint density at radius 1 is 1.25 bits per heavy atom. The topological polar surface area (TPSA) is 94.2 Å². The van der Waals surface area contributed by atoms with Gasteiger partial charge in [0.25, 0.3) is 0 Å². The zero-order chi connectivity index (χ0) is 20.9. The molecule has 0 aliphatic heterocycles. The smallest absolute Gasteiger partial charge is 0.346 e. The molecule has 0 spiro atoms. The van der Waals surface area contributed by atoms with Gasteiger partial charge in [-0.2, -0.15) is 13.2 Å². The Balaban J connectivity index is 2.18. The lowest BCUT2D eigenvalue weighted by Crippen LogP contribution is -2.45. The van der Waals surface area contributed by atoms with Crippen molar-refractivity contribution >= 4 is 11.7 Å². The van der Waals surface area contributed by atoms with Gasteiger partial charge in [0.05, 0.1) is 12.5 Å². The molecular formula is C18H26F3N3O4. The van der Waals surface area contributed by atoms with Gasteiger partial charge < -0.3 is 5.32 Å². The maximum Gasteiger partial charge on any atom is 0.441 e. The van der Waals surface area contributed by atoms with Crippen LogP contribution in [0.1, 0.15) is 69.4 Å². The van der Waals surface area contributed by atoms with Gasteiger partial charge >= 0.3 is 11.9 Å². The van der Waals surface area contributed by atoms with Gasteiger partial charge in [0.1, 0.15) is 0 Å². The summed E-state index contributed by atoms with van der Waals surface area (Å²) in [7, 11) is 0. The molecule has 0 bridgehead atoms. The summed E-state index contributed by atoms with van der Waals surface area (Å²) < 4.78 is 42.5. The average Bonchev–Trinajstić information content (AvgIpc) is 2.99. The lowest BCUT2D eigenvalue weighted by atomic mass is 9.88. The van der Waals surface area contributed by atoms with Crippen LogP contribution in [-0.4, -0.2) is 33.6 Å². The molecule has 1 fully saturated rings. The van der Waals surface area contributed by atoms with E-state index >= 15 is 0 Å². The number of ketones is 1. The van der Waals surface area contributed by atoms with Gasteiger partial charge in [-0.15, -0.1) is 0 Å². The summed E-state index contributed by atoms with van der Waals surface area (Å²) in [5.41, 5.74) is 0. The number of nitrogens with zero attached hydrogens (tertiary/aromatic N) is 2. The number of alkyl halides is 3. The van der Waals surface area contributed by atoms with Crippen molar-refractivity contribution in [1.82, 2.24) is 15.0 Å². The average molecular weight is 405 g/mol. The molecule has 0 saturated heterocycles. The molecule has 1 unspecified atom stereocenters. The van der Waals surface area contributed by atoms with Crippen LogP contribution in [0, 0.1) is 11.8 Å². The summed E-state index contributed by atoms with van der Waals surface area (Å²) in [6.07, 6.45) is -1.06. The fourth-order valence-corrected chi connectivity index (χ4v) is 3.39. The van der Waals surface area contributed by atoms with Crippen LogP contribution < -0.4 is 11.1 Å². The van der Waals surface area contributed by atoms with E-state index in [-0.39, 0.29) is 24.2 Å². The zero-order valence-electron chi connectivity index (χ0n) is 16.1. The predicted octanol–water partition coefficient (Wildman–Crippen LogP) is 3.08. The Bertz CT molecular complexity index is 733. The Hall–Kier alpha value is -2.13. The maximum atomic E-state index is 12.9. The van der Waals surface area contributed by atoms with Gasteiger partial charge in [-0.25, -0.2) is 4.79 Å². The third-order valence-corrected chi connectivity index (χ3v) is 4.84. The van der Waals surface area contributed by atoms with Crippen molar-refractivity contribution in [3.8, 4) is 0 Å². The van der Waals surface area contributed by atoms with Gasteiger partial charge in [0.2, 0.25) is 17.5 Å². The normalized spacial score (nSPS) is 16.9. The number of amides is 1. The SMILES string of the molecule is CC(C)CC(NC(=O)C1CCCCC1)C(=O)c1noc(=O)n1CCC(F)(F)F. The molecule has 1 aromatic rings.